The van der Waals surface area contributed by atoms with E-state index in [9.17, 15) is 4.79 Å². The summed E-state index contributed by atoms with van der Waals surface area (Å²) in [4.78, 5) is 19.4. The SMILES string of the molecule is CCO.CCOc1n[nH]c(-c2cc(C(=O)N3CCC(c4ccc(C#N)cc4)CC3)ccc2C)n1. The molecule has 0 bridgehead atoms. The van der Waals surface area contributed by atoms with Gasteiger partial charge in [-0.3, -0.25) is 9.89 Å². The number of nitriles is 1. The molecule has 0 atom stereocenters. The molecule has 34 heavy (non-hydrogen) atoms. The van der Waals surface area contributed by atoms with E-state index in [0.717, 1.165) is 24.0 Å². The first-order valence-corrected chi connectivity index (χ1v) is 11.6. The smallest absolute Gasteiger partial charge is 0.335 e. The molecule has 1 fully saturated rings. The Morgan fingerprint density at radius 2 is 1.88 bits per heavy atom. The highest BCUT2D eigenvalue weighted by Crippen LogP contribution is 2.30. The van der Waals surface area contributed by atoms with Crippen LogP contribution in [0.2, 0.25) is 0 Å². The molecule has 2 N–H and O–H groups in total. The number of hydrogen-bond donors (Lipinski definition) is 2. The largest absolute Gasteiger partial charge is 0.463 e. The third-order valence-electron chi connectivity index (χ3n) is 5.77. The number of hydrogen-bond acceptors (Lipinski definition) is 6. The molecule has 0 aliphatic carbocycles. The summed E-state index contributed by atoms with van der Waals surface area (Å²) in [6.45, 7) is 7.71. The number of aliphatic hydroxyl groups is 1. The molecule has 0 radical (unpaired) electrons. The highest BCUT2D eigenvalue weighted by Gasteiger charge is 2.25. The lowest BCUT2D eigenvalue weighted by Crippen LogP contribution is -2.37. The van der Waals surface area contributed by atoms with Gasteiger partial charge in [0.05, 0.1) is 18.2 Å². The normalized spacial score (nSPS) is 13.6. The van der Waals surface area contributed by atoms with Crippen molar-refractivity contribution in [3.8, 4) is 23.5 Å². The molecule has 0 saturated carbocycles. The highest BCUT2D eigenvalue weighted by atomic mass is 16.5. The Morgan fingerprint density at radius 1 is 1.21 bits per heavy atom. The molecule has 3 aromatic rings. The van der Waals surface area contributed by atoms with E-state index in [-0.39, 0.29) is 12.5 Å². The number of nitrogens with one attached hydrogen (secondary N) is 1. The first-order chi connectivity index (χ1) is 16.5. The van der Waals surface area contributed by atoms with Gasteiger partial charge in [0.1, 0.15) is 0 Å². The maximum absolute atomic E-state index is 13.1. The van der Waals surface area contributed by atoms with Crippen molar-refractivity contribution in [2.24, 2.45) is 0 Å². The average molecular weight is 462 g/mol. The number of piperidine rings is 1. The van der Waals surface area contributed by atoms with Crippen molar-refractivity contribution in [2.75, 3.05) is 26.3 Å². The maximum atomic E-state index is 13.1. The Labute approximate surface area is 200 Å². The van der Waals surface area contributed by atoms with Crippen LogP contribution in [0, 0.1) is 18.3 Å². The van der Waals surface area contributed by atoms with Gasteiger partial charge in [0.25, 0.3) is 5.91 Å². The zero-order chi connectivity index (χ0) is 24.5. The van der Waals surface area contributed by atoms with Crippen LogP contribution in [-0.4, -0.2) is 57.4 Å². The second-order valence-electron chi connectivity index (χ2n) is 8.05. The van der Waals surface area contributed by atoms with Gasteiger partial charge in [-0.05, 0) is 74.9 Å². The van der Waals surface area contributed by atoms with Gasteiger partial charge >= 0.3 is 6.01 Å². The number of carbonyl (C=O) groups is 1. The van der Waals surface area contributed by atoms with Crippen molar-refractivity contribution in [2.45, 2.75) is 39.5 Å². The van der Waals surface area contributed by atoms with Crippen molar-refractivity contribution < 1.29 is 14.6 Å². The van der Waals surface area contributed by atoms with Gasteiger partial charge in [0.15, 0.2) is 5.82 Å². The fraction of sp³-hybridized carbons (Fsp3) is 0.385. The second kappa shape index (κ2) is 12.0. The molecule has 2 aromatic carbocycles. The quantitative estimate of drug-likeness (QED) is 0.592. The number of amides is 1. The van der Waals surface area contributed by atoms with Crippen LogP contribution < -0.4 is 4.74 Å². The number of rotatable bonds is 5. The number of aromatic amines is 1. The second-order valence-corrected chi connectivity index (χ2v) is 8.05. The highest BCUT2D eigenvalue weighted by molar-refractivity contribution is 5.95. The van der Waals surface area contributed by atoms with Crippen molar-refractivity contribution in [1.82, 2.24) is 20.1 Å². The van der Waals surface area contributed by atoms with Crippen LogP contribution in [0.25, 0.3) is 11.4 Å². The molecule has 1 saturated heterocycles. The van der Waals surface area contributed by atoms with E-state index in [2.05, 4.69) is 21.3 Å². The van der Waals surface area contributed by atoms with Crippen molar-refractivity contribution >= 4 is 5.91 Å². The maximum Gasteiger partial charge on any atom is 0.335 e. The Balaban J connectivity index is 0.00000103. The van der Waals surface area contributed by atoms with Crippen LogP contribution in [0.3, 0.4) is 0 Å². The molecule has 178 valence electrons. The summed E-state index contributed by atoms with van der Waals surface area (Å²) < 4.78 is 5.34. The van der Waals surface area contributed by atoms with Crippen molar-refractivity contribution in [3.63, 3.8) is 0 Å². The summed E-state index contributed by atoms with van der Waals surface area (Å²) in [5, 5.41) is 23.5. The summed E-state index contributed by atoms with van der Waals surface area (Å²) in [5.41, 5.74) is 4.41. The number of benzene rings is 2. The van der Waals surface area contributed by atoms with Gasteiger partial charge in [0.2, 0.25) is 0 Å². The molecule has 0 unspecified atom stereocenters. The number of aryl methyl sites for hydroxylation is 1. The van der Waals surface area contributed by atoms with Gasteiger partial charge < -0.3 is 14.7 Å². The minimum Gasteiger partial charge on any atom is -0.463 e. The van der Waals surface area contributed by atoms with Gasteiger partial charge in [-0.25, -0.2) is 0 Å². The van der Waals surface area contributed by atoms with Gasteiger partial charge in [-0.2, -0.15) is 10.2 Å². The van der Waals surface area contributed by atoms with Crippen LogP contribution in [-0.2, 0) is 0 Å². The fourth-order valence-corrected chi connectivity index (χ4v) is 4.00. The Hall–Kier alpha value is -3.70. The molecule has 1 aliphatic heterocycles. The molecule has 0 spiro atoms. The Morgan fingerprint density at radius 3 is 2.50 bits per heavy atom. The molecule has 1 aromatic heterocycles. The van der Waals surface area contributed by atoms with E-state index in [4.69, 9.17) is 15.1 Å². The van der Waals surface area contributed by atoms with Gasteiger partial charge in [-0.1, -0.05) is 18.2 Å². The average Bonchev–Trinajstić information content (AvgIpc) is 3.33. The third kappa shape index (κ3) is 6.00. The summed E-state index contributed by atoms with van der Waals surface area (Å²) in [6.07, 6.45) is 1.83. The number of aliphatic hydroxyl groups excluding tert-OH is 1. The molecule has 8 heteroatoms. The van der Waals surface area contributed by atoms with Crippen molar-refractivity contribution in [3.05, 3.63) is 64.7 Å². The van der Waals surface area contributed by atoms with Crippen LogP contribution in [0.4, 0.5) is 0 Å². The number of H-pyrrole nitrogens is 1. The molecule has 1 amide bonds. The van der Waals surface area contributed by atoms with E-state index >= 15 is 0 Å². The predicted molar refractivity (Wildman–Crippen MR) is 130 cm³/mol. The number of aromatic nitrogens is 3. The molecule has 1 aliphatic rings. The molecular weight excluding hydrogens is 430 g/mol. The lowest BCUT2D eigenvalue weighted by molar-refractivity contribution is 0.0713. The summed E-state index contributed by atoms with van der Waals surface area (Å²) in [7, 11) is 0. The number of likely N-dealkylation sites (tertiary alicyclic amines) is 1. The monoisotopic (exact) mass is 461 g/mol. The molecule has 2 heterocycles. The van der Waals surface area contributed by atoms with E-state index in [1.165, 1.54) is 5.56 Å². The lowest BCUT2D eigenvalue weighted by Gasteiger charge is -2.32. The lowest BCUT2D eigenvalue weighted by atomic mass is 9.89. The number of nitrogens with zero attached hydrogens (tertiary/aromatic N) is 4. The Bertz CT molecular complexity index is 1130. The number of carbonyl (C=O) groups excluding carboxylic acids is 1. The van der Waals surface area contributed by atoms with Crippen LogP contribution in [0.5, 0.6) is 6.01 Å². The Kier molecular flexibility index (Phi) is 8.77. The van der Waals surface area contributed by atoms with Gasteiger partial charge in [0, 0.05) is 30.8 Å². The van der Waals surface area contributed by atoms with E-state index in [1.54, 1.807) is 6.92 Å². The fourth-order valence-electron chi connectivity index (χ4n) is 4.00. The minimum absolute atomic E-state index is 0.0316. The van der Waals surface area contributed by atoms with Crippen LogP contribution in [0.15, 0.2) is 42.5 Å². The zero-order valence-corrected chi connectivity index (χ0v) is 19.9. The van der Waals surface area contributed by atoms with Crippen molar-refractivity contribution in [1.29, 1.82) is 5.26 Å². The zero-order valence-electron chi connectivity index (χ0n) is 19.9. The summed E-state index contributed by atoms with van der Waals surface area (Å²) in [6, 6.07) is 15.9. The first kappa shape index (κ1) is 24.9. The minimum atomic E-state index is 0.0316. The van der Waals surface area contributed by atoms with Crippen LogP contribution >= 0.6 is 0 Å². The van der Waals surface area contributed by atoms with E-state index in [0.29, 0.717) is 48.6 Å². The van der Waals surface area contributed by atoms with E-state index in [1.807, 2.05) is 61.2 Å². The van der Waals surface area contributed by atoms with E-state index < -0.39 is 0 Å². The molecular formula is C26H31N5O3. The summed E-state index contributed by atoms with van der Waals surface area (Å²) in [5.74, 6) is 1.04. The first-order valence-electron chi connectivity index (χ1n) is 11.6. The summed E-state index contributed by atoms with van der Waals surface area (Å²) >= 11 is 0. The standard InChI is InChI=1S/C24H25N5O2.C2H6O/c1-3-31-24-26-22(27-28-24)21-14-20(7-4-16(21)2)23(30)29-12-10-19(11-13-29)18-8-5-17(15-25)6-9-18;1-2-3/h4-9,14,19H,3,10-13H2,1-2H3,(H,26,27,28);3H,2H2,1H3. The molecule has 8 nitrogen and oxygen atoms in total. The topological polar surface area (TPSA) is 115 Å². The third-order valence-corrected chi connectivity index (χ3v) is 5.77. The van der Waals surface area contributed by atoms with Gasteiger partial charge in [-0.15, -0.1) is 5.10 Å². The number of ether oxygens (including phenoxy) is 1. The van der Waals surface area contributed by atoms with Crippen LogP contribution in [0.1, 0.15) is 59.7 Å². The molecule has 4 rings (SSSR count). The predicted octanol–water partition coefficient (Wildman–Crippen LogP) is 4.07.